The SMILES string of the molecule is COC(=O)NN(c1nc(Cl)ncc1[N+](=O)[O-])C(C)C. The van der Waals surface area contributed by atoms with Gasteiger partial charge < -0.3 is 4.74 Å². The number of anilines is 1. The number of carbonyl (C=O) groups is 1. The molecule has 104 valence electrons. The molecule has 0 atom stereocenters. The van der Waals surface area contributed by atoms with Gasteiger partial charge in [0.25, 0.3) is 0 Å². The Morgan fingerprint density at radius 2 is 2.26 bits per heavy atom. The summed E-state index contributed by atoms with van der Waals surface area (Å²) in [4.78, 5) is 28.8. The molecule has 0 fully saturated rings. The molecule has 0 spiro atoms. The van der Waals surface area contributed by atoms with E-state index in [-0.39, 0.29) is 22.8 Å². The molecule has 1 N–H and O–H groups in total. The summed E-state index contributed by atoms with van der Waals surface area (Å²) in [6.07, 6.45) is 0.191. The van der Waals surface area contributed by atoms with Crippen molar-refractivity contribution < 1.29 is 14.5 Å². The average molecular weight is 290 g/mol. The first kappa shape index (κ1) is 14.9. The molecular weight excluding hydrogens is 278 g/mol. The van der Waals surface area contributed by atoms with E-state index in [9.17, 15) is 14.9 Å². The Morgan fingerprint density at radius 1 is 1.63 bits per heavy atom. The van der Waals surface area contributed by atoms with E-state index in [0.717, 1.165) is 6.20 Å². The van der Waals surface area contributed by atoms with Crippen molar-refractivity contribution in [2.24, 2.45) is 0 Å². The van der Waals surface area contributed by atoms with E-state index >= 15 is 0 Å². The Morgan fingerprint density at radius 3 is 2.74 bits per heavy atom. The molecule has 1 rings (SSSR count). The predicted molar refractivity (Wildman–Crippen MR) is 66.9 cm³/mol. The summed E-state index contributed by atoms with van der Waals surface area (Å²) >= 11 is 5.63. The van der Waals surface area contributed by atoms with E-state index in [4.69, 9.17) is 11.6 Å². The molecule has 0 aliphatic heterocycles. The lowest BCUT2D eigenvalue weighted by atomic mass is 10.3. The van der Waals surface area contributed by atoms with Gasteiger partial charge >= 0.3 is 11.8 Å². The van der Waals surface area contributed by atoms with E-state index < -0.39 is 11.0 Å². The van der Waals surface area contributed by atoms with Crippen LogP contribution in [0, 0.1) is 10.1 Å². The van der Waals surface area contributed by atoms with Gasteiger partial charge in [-0.2, -0.15) is 4.98 Å². The number of hydrogen-bond donors (Lipinski definition) is 1. The summed E-state index contributed by atoms with van der Waals surface area (Å²) in [5.74, 6) is -0.120. The van der Waals surface area contributed by atoms with Crippen LogP contribution in [0.4, 0.5) is 16.3 Å². The smallest absolute Gasteiger partial charge is 0.425 e. The quantitative estimate of drug-likeness (QED) is 0.508. The van der Waals surface area contributed by atoms with Gasteiger partial charge in [0.15, 0.2) is 0 Å². The fourth-order valence-corrected chi connectivity index (χ4v) is 1.35. The summed E-state index contributed by atoms with van der Waals surface area (Å²) in [6, 6.07) is -0.316. The first-order valence-electron chi connectivity index (χ1n) is 5.17. The van der Waals surface area contributed by atoms with Crippen LogP contribution in [0.3, 0.4) is 0 Å². The zero-order valence-electron chi connectivity index (χ0n) is 10.5. The fourth-order valence-electron chi connectivity index (χ4n) is 1.22. The van der Waals surface area contributed by atoms with Crippen molar-refractivity contribution >= 4 is 29.2 Å². The molecule has 0 aliphatic carbocycles. The van der Waals surface area contributed by atoms with Gasteiger partial charge in [0.2, 0.25) is 11.1 Å². The lowest BCUT2D eigenvalue weighted by molar-refractivity contribution is -0.384. The highest BCUT2D eigenvalue weighted by molar-refractivity contribution is 6.28. The maximum absolute atomic E-state index is 11.2. The molecule has 19 heavy (non-hydrogen) atoms. The van der Waals surface area contributed by atoms with Crippen LogP contribution < -0.4 is 10.4 Å². The first-order valence-corrected chi connectivity index (χ1v) is 5.55. The standard InChI is InChI=1S/C9H12ClN5O4/c1-5(2)14(13-9(16)19-3)7-6(15(17)18)4-11-8(10)12-7/h4-5H,1-3H3,(H,13,16). The molecule has 1 amide bonds. The molecule has 0 aliphatic rings. The summed E-state index contributed by atoms with van der Waals surface area (Å²) in [5, 5.41) is 11.9. The van der Waals surface area contributed by atoms with Crippen LogP contribution in [0.15, 0.2) is 6.20 Å². The van der Waals surface area contributed by atoms with E-state index in [2.05, 4.69) is 20.1 Å². The number of nitrogens with zero attached hydrogens (tertiary/aromatic N) is 4. The van der Waals surface area contributed by atoms with Gasteiger partial charge in [-0.3, -0.25) is 15.1 Å². The van der Waals surface area contributed by atoms with Crippen molar-refractivity contribution in [3.05, 3.63) is 21.6 Å². The maximum atomic E-state index is 11.2. The van der Waals surface area contributed by atoms with Gasteiger partial charge in [-0.15, -0.1) is 0 Å². The number of amides is 1. The lowest BCUT2D eigenvalue weighted by Crippen LogP contribution is -2.47. The van der Waals surface area contributed by atoms with E-state index in [1.54, 1.807) is 13.8 Å². The second-order valence-electron chi connectivity index (χ2n) is 3.67. The Labute approximate surface area is 113 Å². The number of aromatic nitrogens is 2. The molecule has 0 saturated heterocycles. The van der Waals surface area contributed by atoms with E-state index in [1.165, 1.54) is 12.1 Å². The van der Waals surface area contributed by atoms with Gasteiger partial charge in [0.05, 0.1) is 12.0 Å². The third-order valence-corrected chi connectivity index (χ3v) is 2.24. The van der Waals surface area contributed by atoms with Crippen LogP contribution >= 0.6 is 11.6 Å². The Kier molecular flexibility index (Phi) is 4.81. The largest absolute Gasteiger partial charge is 0.452 e. The number of nitro groups is 1. The normalized spacial score (nSPS) is 10.2. The second-order valence-corrected chi connectivity index (χ2v) is 4.01. The number of hydrogen-bond acceptors (Lipinski definition) is 7. The number of hydrazine groups is 1. The second kappa shape index (κ2) is 6.14. The molecule has 1 aromatic heterocycles. The van der Waals surface area contributed by atoms with Crippen LogP contribution in [-0.4, -0.2) is 34.1 Å². The summed E-state index contributed by atoms with van der Waals surface area (Å²) in [5.41, 5.74) is 1.94. The van der Waals surface area contributed by atoms with Crippen LogP contribution in [0.5, 0.6) is 0 Å². The number of ether oxygens (including phenoxy) is 1. The van der Waals surface area contributed by atoms with Gasteiger partial charge in [-0.25, -0.2) is 15.2 Å². The van der Waals surface area contributed by atoms with Crippen LogP contribution in [0.25, 0.3) is 0 Å². The van der Waals surface area contributed by atoms with Crippen molar-refractivity contribution in [2.45, 2.75) is 19.9 Å². The maximum Gasteiger partial charge on any atom is 0.425 e. The third-order valence-electron chi connectivity index (χ3n) is 2.06. The Balaban J connectivity index is 3.24. The molecule has 9 nitrogen and oxygen atoms in total. The zero-order valence-corrected chi connectivity index (χ0v) is 11.2. The van der Waals surface area contributed by atoms with Crippen molar-refractivity contribution in [3.8, 4) is 0 Å². The van der Waals surface area contributed by atoms with Gasteiger partial charge in [-0.1, -0.05) is 0 Å². The molecule has 0 bridgehead atoms. The minimum Gasteiger partial charge on any atom is -0.452 e. The fraction of sp³-hybridized carbons (Fsp3) is 0.444. The zero-order chi connectivity index (χ0) is 14.6. The van der Waals surface area contributed by atoms with E-state index in [1.807, 2.05) is 0 Å². The number of halogens is 1. The summed E-state index contributed by atoms with van der Waals surface area (Å²) in [7, 11) is 1.18. The van der Waals surface area contributed by atoms with Crippen molar-refractivity contribution in [3.63, 3.8) is 0 Å². The van der Waals surface area contributed by atoms with Crippen LogP contribution in [-0.2, 0) is 4.74 Å². The molecule has 1 heterocycles. The highest BCUT2D eigenvalue weighted by Crippen LogP contribution is 2.26. The molecule has 0 unspecified atom stereocenters. The van der Waals surface area contributed by atoms with Crippen LogP contribution in [0.2, 0.25) is 5.28 Å². The monoisotopic (exact) mass is 289 g/mol. The first-order chi connectivity index (χ1) is 8.86. The predicted octanol–water partition coefficient (Wildman–Crippen LogP) is 1.52. The Hall–Kier alpha value is -2.16. The van der Waals surface area contributed by atoms with Gasteiger partial charge in [0.1, 0.15) is 6.20 Å². The minimum atomic E-state index is -0.780. The molecular formula is C9H12ClN5O4. The molecule has 0 aromatic carbocycles. The van der Waals surface area contributed by atoms with Crippen molar-refractivity contribution in [1.29, 1.82) is 0 Å². The third kappa shape index (κ3) is 3.65. The molecule has 0 radical (unpaired) electrons. The Bertz CT molecular complexity index is 495. The highest BCUT2D eigenvalue weighted by atomic mass is 35.5. The highest BCUT2D eigenvalue weighted by Gasteiger charge is 2.26. The van der Waals surface area contributed by atoms with Crippen molar-refractivity contribution in [1.82, 2.24) is 15.4 Å². The minimum absolute atomic E-state index is 0.120. The molecule has 1 aromatic rings. The number of nitrogens with one attached hydrogen (secondary N) is 1. The molecule has 0 saturated carbocycles. The van der Waals surface area contributed by atoms with Gasteiger partial charge in [-0.05, 0) is 25.4 Å². The van der Waals surface area contributed by atoms with Gasteiger partial charge in [0, 0.05) is 6.04 Å². The molecule has 10 heteroatoms. The summed E-state index contributed by atoms with van der Waals surface area (Å²) < 4.78 is 4.44. The number of carbonyl (C=O) groups excluding carboxylic acids is 1. The topological polar surface area (TPSA) is 110 Å². The summed E-state index contributed by atoms with van der Waals surface area (Å²) in [6.45, 7) is 3.41. The van der Waals surface area contributed by atoms with E-state index in [0.29, 0.717) is 0 Å². The lowest BCUT2D eigenvalue weighted by Gasteiger charge is -2.26. The average Bonchev–Trinajstić information content (AvgIpc) is 2.34. The number of methoxy groups -OCH3 is 1. The van der Waals surface area contributed by atoms with Crippen molar-refractivity contribution in [2.75, 3.05) is 12.1 Å². The number of rotatable bonds is 4. The van der Waals surface area contributed by atoms with Crippen LogP contribution in [0.1, 0.15) is 13.8 Å².